The molecule has 0 bridgehead atoms. The van der Waals surface area contributed by atoms with Crippen molar-refractivity contribution in [3.8, 4) is 0 Å². The van der Waals surface area contributed by atoms with Gasteiger partial charge in [-0.05, 0) is 70.4 Å². The summed E-state index contributed by atoms with van der Waals surface area (Å²) in [7, 11) is -7.32. The van der Waals surface area contributed by atoms with Crippen LogP contribution >= 0.6 is 0 Å². The van der Waals surface area contributed by atoms with Crippen LogP contribution in [0.25, 0.3) is 0 Å². The standard InChI is InChI=1S/C12H34O3Si4.C5H12O.4CH4.V/c1-11-12-19(10,14-17(5,6)7)15-18(8,9)13-16(2,3)4;1-5(2,3)4-6;;;;;/h11-12H2,1-10H3;6H,4H2,1-3H3;4*1H4;. The predicted molar refractivity (Wildman–Crippen MR) is 148 cm³/mol. The number of hydrogen-bond donors (Lipinski definition) is 1. The summed E-state index contributed by atoms with van der Waals surface area (Å²) in [5.74, 6) is 0. The first-order chi connectivity index (χ1) is 10.7. The van der Waals surface area contributed by atoms with Gasteiger partial charge in [-0.2, -0.15) is 0 Å². The molecule has 30 heavy (non-hydrogen) atoms. The molecule has 4 nitrogen and oxygen atoms in total. The Labute approximate surface area is 209 Å². The van der Waals surface area contributed by atoms with Gasteiger partial charge in [-0.25, -0.2) is 0 Å². The number of rotatable bonds is 8. The first kappa shape index (κ1) is 48.7. The van der Waals surface area contributed by atoms with E-state index in [4.69, 9.17) is 17.5 Å². The molecule has 9 heteroatoms. The molecule has 0 aromatic heterocycles. The van der Waals surface area contributed by atoms with E-state index in [0.29, 0.717) is 0 Å². The van der Waals surface area contributed by atoms with Crippen LogP contribution in [0, 0.1) is 5.41 Å². The first-order valence-electron chi connectivity index (χ1n) is 9.46. The van der Waals surface area contributed by atoms with Crippen LogP contribution in [-0.2, 0) is 30.9 Å². The normalized spacial score (nSPS) is 13.4. The zero-order chi connectivity index (χ0) is 20.7. The second-order valence-electron chi connectivity index (χ2n) is 10.5. The molecule has 0 saturated heterocycles. The molecule has 0 aliphatic rings. The van der Waals surface area contributed by atoms with Crippen molar-refractivity contribution in [2.75, 3.05) is 6.61 Å². The third kappa shape index (κ3) is 33.9. The molecule has 0 aliphatic heterocycles. The zero-order valence-corrected chi connectivity index (χ0v) is 25.1. The van der Waals surface area contributed by atoms with Crippen molar-refractivity contribution >= 4 is 33.8 Å². The SMILES string of the molecule is C.C.C.C.CC(C)(C)CO.CCC[Si](C)(O[Si](C)(C)C)O[Si](C)(C)O[Si](C)(C)C.[V]. The van der Waals surface area contributed by atoms with E-state index in [2.05, 4.69) is 65.8 Å². The van der Waals surface area contributed by atoms with Crippen LogP contribution in [0.15, 0.2) is 0 Å². The van der Waals surface area contributed by atoms with Gasteiger partial charge in [-0.15, -0.1) is 0 Å². The fraction of sp³-hybridized carbons (Fsp3) is 1.00. The minimum absolute atomic E-state index is 0. The van der Waals surface area contributed by atoms with Crippen molar-refractivity contribution in [1.29, 1.82) is 0 Å². The third-order valence-electron chi connectivity index (χ3n) is 2.71. The Morgan fingerprint density at radius 3 is 1.17 bits per heavy atom. The van der Waals surface area contributed by atoms with Crippen molar-refractivity contribution in [3.05, 3.63) is 0 Å². The quantitative estimate of drug-likeness (QED) is 0.313. The number of hydrogen-bond acceptors (Lipinski definition) is 4. The fourth-order valence-corrected chi connectivity index (χ4v) is 20.6. The molecule has 0 saturated carbocycles. The average molecular weight is 542 g/mol. The van der Waals surface area contributed by atoms with Crippen LogP contribution in [0.2, 0.25) is 65.0 Å². The largest absolute Gasteiger partial charge is 0.437 e. The van der Waals surface area contributed by atoms with Gasteiger partial charge >= 0.3 is 17.1 Å². The molecule has 0 rings (SSSR count). The Hall–Kier alpha value is 1.29. The molecule has 191 valence electrons. The van der Waals surface area contributed by atoms with Crippen molar-refractivity contribution in [2.45, 2.75) is 129 Å². The maximum Gasteiger partial charge on any atom is 0.315 e. The fourth-order valence-electron chi connectivity index (χ4n) is 2.50. The summed E-state index contributed by atoms with van der Waals surface area (Å²) in [6.45, 7) is 28.4. The molecule has 1 radical (unpaired) electrons. The van der Waals surface area contributed by atoms with Crippen LogP contribution in [0.3, 0.4) is 0 Å². The summed E-state index contributed by atoms with van der Waals surface area (Å²) >= 11 is 0. The zero-order valence-electron chi connectivity index (χ0n) is 19.7. The van der Waals surface area contributed by atoms with Crippen molar-refractivity contribution < 1.29 is 36.0 Å². The van der Waals surface area contributed by atoms with E-state index in [1.807, 2.05) is 20.8 Å². The van der Waals surface area contributed by atoms with E-state index in [1.165, 1.54) is 0 Å². The van der Waals surface area contributed by atoms with Crippen molar-refractivity contribution in [2.24, 2.45) is 5.41 Å². The molecule has 1 unspecified atom stereocenters. The second kappa shape index (κ2) is 18.7. The molecule has 0 amide bonds. The molecule has 0 aromatic rings. The molecular weight excluding hydrogens is 480 g/mol. The smallest absolute Gasteiger partial charge is 0.315 e. The molecule has 0 spiro atoms. The minimum atomic E-state index is -2.10. The Morgan fingerprint density at radius 2 is 0.967 bits per heavy atom. The summed E-state index contributed by atoms with van der Waals surface area (Å²) in [6, 6.07) is 1.06. The summed E-state index contributed by atoms with van der Waals surface area (Å²) < 4.78 is 19.3. The molecule has 1 N–H and O–H groups in total. The van der Waals surface area contributed by atoms with Crippen LogP contribution < -0.4 is 0 Å². The summed E-state index contributed by atoms with van der Waals surface area (Å²) in [4.78, 5) is 0. The molecule has 0 fully saturated rings. The van der Waals surface area contributed by atoms with Gasteiger partial charge in [0.1, 0.15) is 0 Å². The second-order valence-corrected chi connectivity index (χ2v) is 27.0. The van der Waals surface area contributed by atoms with Gasteiger partial charge in [0, 0.05) is 25.2 Å². The topological polar surface area (TPSA) is 47.9 Å². The van der Waals surface area contributed by atoms with Crippen LogP contribution in [0.1, 0.15) is 63.8 Å². The van der Waals surface area contributed by atoms with Gasteiger partial charge in [0.2, 0.25) is 0 Å². The van der Waals surface area contributed by atoms with Gasteiger partial charge in [0.15, 0.2) is 16.6 Å². The Morgan fingerprint density at radius 1 is 0.667 bits per heavy atom. The number of aliphatic hydroxyl groups is 1. The number of aliphatic hydroxyl groups excluding tert-OH is 1. The molecule has 0 aromatic carbocycles. The minimum Gasteiger partial charge on any atom is -0.437 e. The van der Waals surface area contributed by atoms with E-state index >= 15 is 0 Å². The van der Waals surface area contributed by atoms with Crippen LogP contribution in [-0.4, -0.2) is 45.5 Å². The summed E-state index contributed by atoms with van der Waals surface area (Å²) in [6.07, 6.45) is 1.12. The first-order valence-corrected chi connectivity index (χ1v) is 21.6. The Balaban J connectivity index is -0.0000000849. The van der Waals surface area contributed by atoms with Gasteiger partial charge in [0.05, 0.1) is 0 Å². The monoisotopic (exact) mass is 541 g/mol. The molecule has 1 atom stereocenters. The summed E-state index contributed by atoms with van der Waals surface area (Å²) in [5.41, 5.74) is 0.0972. The van der Waals surface area contributed by atoms with Crippen molar-refractivity contribution in [1.82, 2.24) is 0 Å². The maximum atomic E-state index is 8.40. The van der Waals surface area contributed by atoms with E-state index in [0.717, 1.165) is 12.5 Å². The maximum absolute atomic E-state index is 8.40. The summed E-state index contributed by atoms with van der Waals surface area (Å²) in [5, 5.41) is 8.40. The van der Waals surface area contributed by atoms with Gasteiger partial charge < -0.3 is 17.5 Å². The molecular formula is C21H62O4Si4V. The van der Waals surface area contributed by atoms with Crippen LogP contribution in [0.4, 0.5) is 0 Å². The van der Waals surface area contributed by atoms with Crippen LogP contribution in [0.5, 0.6) is 0 Å². The van der Waals surface area contributed by atoms with E-state index in [-0.39, 0.29) is 60.3 Å². The van der Waals surface area contributed by atoms with E-state index in [9.17, 15) is 0 Å². The van der Waals surface area contributed by atoms with Gasteiger partial charge in [-0.3, -0.25) is 0 Å². The van der Waals surface area contributed by atoms with E-state index < -0.39 is 33.8 Å². The molecule has 0 heterocycles. The average Bonchev–Trinajstić information content (AvgIpc) is 2.20. The Bertz CT molecular complexity index is 379. The third-order valence-corrected chi connectivity index (χ3v) is 16.4. The predicted octanol–water partition coefficient (Wildman–Crippen LogP) is 8.46. The van der Waals surface area contributed by atoms with E-state index in [1.54, 1.807) is 0 Å². The van der Waals surface area contributed by atoms with Gasteiger partial charge in [-0.1, -0.05) is 63.8 Å². The Kier molecular flexibility index (Phi) is 30.3. The van der Waals surface area contributed by atoms with Gasteiger partial charge in [0.25, 0.3) is 0 Å². The molecule has 0 aliphatic carbocycles. The van der Waals surface area contributed by atoms with Crippen molar-refractivity contribution in [3.63, 3.8) is 0 Å².